The van der Waals surface area contributed by atoms with Crippen LogP contribution >= 0.6 is 22.9 Å². The molecule has 3 aromatic rings. The molecule has 1 fully saturated rings. The van der Waals surface area contributed by atoms with Crippen LogP contribution in [-0.2, 0) is 6.42 Å². The molecule has 3 nitrogen and oxygen atoms in total. The predicted octanol–water partition coefficient (Wildman–Crippen LogP) is 6.24. The van der Waals surface area contributed by atoms with E-state index in [1.54, 1.807) is 11.3 Å². The number of halogens is 1. The Kier molecular flexibility index (Phi) is 5.75. The number of hydrogen-bond donors (Lipinski definition) is 0. The molecule has 1 atom stereocenters. The number of aryl methyl sites for hydroxylation is 3. The average Bonchev–Trinajstić information content (AvgIpc) is 3.31. The molecule has 0 N–H and O–H groups in total. The maximum absolute atomic E-state index is 13.5. The van der Waals surface area contributed by atoms with Crippen LogP contribution in [0.5, 0.6) is 0 Å². The van der Waals surface area contributed by atoms with Gasteiger partial charge in [0.2, 0.25) is 0 Å². The molecule has 4 rings (SSSR count). The van der Waals surface area contributed by atoms with Gasteiger partial charge in [0.1, 0.15) is 5.69 Å². The number of thiazole rings is 1. The van der Waals surface area contributed by atoms with Crippen LogP contribution < -0.4 is 0 Å². The van der Waals surface area contributed by atoms with Crippen molar-refractivity contribution >= 4 is 28.8 Å². The summed E-state index contributed by atoms with van der Waals surface area (Å²) in [6, 6.07) is 14.7. The quantitative estimate of drug-likeness (QED) is 0.496. The molecule has 5 heteroatoms. The monoisotopic (exact) mass is 424 g/mol. The topological polar surface area (TPSA) is 33.2 Å². The van der Waals surface area contributed by atoms with E-state index in [1.165, 1.54) is 11.1 Å². The summed E-state index contributed by atoms with van der Waals surface area (Å²) < 4.78 is 0. The summed E-state index contributed by atoms with van der Waals surface area (Å²) in [6.45, 7) is 6.83. The summed E-state index contributed by atoms with van der Waals surface area (Å²) in [4.78, 5) is 21.1. The third kappa shape index (κ3) is 4.24. The lowest BCUT2D eigenvalue weighted by Crippen LogP contribution is -2.37. The predicted molar refractivity (Wildman–Crippen MR) is 121 cm³/mol. The van der Waals surface area contributed by atoms with Crippen LogP contribution in [0, 0.1) is 20.8 Å². The fourth-order valence-electron chi connectivity index (χ4n) is 4.04. The summed E-state index contributed by atoms with van der Waals surface area (Å²) in [6.07, 6.45) is 2.87. The van der Waals surface area contributed by atoms with Crippen LogP contribution in [0.25, 0.3) is 10.4 Å². The molecule has 1 saturated heterocycles. The number of nitrogens with zero attached hydrogens (tertiary/aromatic N) is 2. The van der Waals surface area contributed by atoms with Gasteiger partial charge in [-0.2, -0.15) is 0 Å². The molecule has 150 valence electrons. The highest BCUT2D eigenvalue weighted by Crippen LogP contribution is 2.33. The minimum Gasteiger partial charge on any atom is -0.334 e. The Balaban J connectivity index is 1.61. The van der Waals surface area contributed by atoms with Crippen molar-refractivity contribution in [1.82, 2.24) is 9.88 Å². The summed E-state index contributed by atoms with van der Waals surface area (Å²) in [5.41, 5.74) is 5.10. The number of benzene rings is 2. The van der Waals surface area contributed by atoms with Crippen molar-refractivity contribution in [2.75, 3.05) is 6.54 Å². The Labute approximate surface area is 181 Å². The van der Waals surface area contributed by atoms with Gasteiger partial charge < -0.3 is 4.90 Å². The van der Waals surface area contributed by atoms with E-state index in [2.05, 4.69) is 42.2 Å². The van der Waals surface area contributed by atoms with E-state index in [9.17, 15) is 4.79 Å². The van der Waals surface area contributed by atoms with Crippen molar-refractivity contribution in [2.45, 2.75) is 46.1 Å². The second-order valence-corrected chi connectivity index (χ2v) is 9.47. The molecule has 0 radical (unpaired) electrons. The van der Waals surface area contributed by atoms with Crippen LogP contribution in [0.4, 0.5) is 0 Å². The zero-order valence-electron chi connectivity index (χ0n) is 17.0. The van der Waals surface area contributed by atoms with Crippen molar-refractivity contribution in [3.63, 3.8) is 0 Å². The molecule has 1 amide bonds. The van der Waals surface area contributed by atoms with E-state index in [1.807, 2.05) is 30.9 Å². The zero-order valence-corrected chi connectivity index (χ0v) is 18.6. The molecule has 0 spiro atoms. The van der Waals surface area contributed by atoms with Crippen molar-refractivity contribution in [2.24, 2.45) is 0 Å². The molecular weight excluding hydrogens is 400 g/mol. The fourth-order valence-corrected chi connectivity index (χ4v) is 5.15. The average molecular weight is 425 g/mol. The van der Waals surface area contributed by atoms with Gasteiger partial charge in [-0.3, -0.25) is 4.79 Å². The Morgan fingerprint density at radius 3 is 2.79 bits per heavy atom. The maximum Gasteiger partial charge on any atom is 0.274 e. The van der Waals surface area contributed by atoms with Gasteiger partial charge in [-0.1, -0.05) is 53.6 Å². The number of likely N-dealkylation sites (tertiary alicyclic amines) is 1. The third-order valence-corrected chi connectivity index (χ3v) is 6.99. The van der Waals surface area contributed by atoms with E-state index in [-0.39, 0.29) is 11.9 Å². The normalized spacial score (nSPS) is 16.4. The fraction of sp³-hybridized carbons (Fsp3) is 0.333. The van der Waals surface area contributed by atoms with Crippen LogP contribution in [-0.4, -0.2) is 28.4 Å². The van der Waals surface area contributed by atoms with Gasteiger partial charge in [0.25, 0.3) is 5.91 Å². The van der Waals surface area contributed by atoms with Crippen LogP contribution in [0.2, 0.25) is 5.02 Å². The van der Waals surface area contributed by atoms with Crippen LogP contribution in [0.15, 0.2) is 42.5 Å². The second-order valence-electron chi connectivity index (χ2n) is 7.86. The van der Waals surface area contributed by atoms with E-state index >= 15 is 0 Å². The highest BCUT2D eigenvalue weighted by molar-refractivity contribution is 7.15. The van der Waals surface area contributed by atoms with Crippen molar-refractivity contribution in [3.05, 3.63) is 74.9 Å². The molecule has 0 aliphatic carbocycles. The molecule has 1 aliphatic rings. The Morgan fingerprint density at radius 2 is 2.03 bits per heavy atom. The van der Waals surface area contributed by atoms with Gasteiger partial charge in [-0.15, -0.1) is 11.3 Å². The lowest BCUT2D eigenvalue weighted by atomic mass is 10.0. The number of aromatic nitrogens is 1. The number of carbonyl (C=O) groups excluding carboxylic acids is 1. The van der Waals surface area contributed by atoms with Crippen molar-refractivity contribution in [3.8, 4) is 10.4 Å². The summed E-state index contributed by atoms with van der Waals surface area (Å²) >= 11 is 7.91. The molecule has 1 aromatic heterocycles. The van der Waals surface area contributed by atoms with Crippen LogP contribution in [0.3, 0.4) is 0 Å². The summed E-state index contributed by atoms with van der Waals surface area (Å²) in [5, 5.41) is 1.71. The molecule has 29 heavy (non-hydrogen) atoms. The van der Waals surface area contributed by atoms with E-state index < -0.39 is 0 Å². The Bertz CT molecular complexity index is 1060. The van der Waals surface area contributed by atoms with Crippen molar-refractivity contribution < 1.29 is 4.79 Å². The molecule has 2 aromatic carbocycles. The first-order chi connectivity index (χ1) is 13.9. The number of carbonyl (C=O) groups is 1. The third-order valence-electron chi connectivity index (χ3n) is 5.56. The van der Waals surface area contributed by atoms with E-state index in [4.69, 9.17) is 11.6 Å². The minimum absolute atomic E-state index is 0.0477. The standard InChI is InChI=1S/C24H25ClN2OS/c1-15-6-4-7-19(12-15)23-22(26-17(3)29-23)24(28)27-11-5-8-20(27)13-18-10-9-16(2)21(25)14-18/h4,6-7,9-10,12,14,20H,5,8,11,13H2,1-3H3/t20-/m0/s1. The number of rotatable bonds is 4. The van der Waals surface area contributed by atoms with E-state index in [0.29, 0.717) is 5.69 Å². The van der Waals surface area contributed by atoms with Crippen molar-refractivity contribution in [1.29, 1.82) is 0 Å². The number of amides is 1. The first-order valence-electron chi connectivity index (χ1n) is 10.0. The minimum atomic E-state index is 0.0477. The van der Waals surface area contributed by atoms with Gasteiger partial charge in [-0.05, 0) is 62.8 Å². The largest absolute Gasteiger partial charge is 0.334 e. The number of hydrogen-bond acceptors (Lipinski definition) is 3. The Morgan fingerprint density at radius 1 is 1.21 bits per heavy atom. The summed E-state index contributed by atoms with van der Waals surface area (Å²) in [7, 11) is 0. The first-order valence-corrected chi connectivity index (χ1v) is 11.2. The second kappa shape index (κ2) is 8.29. The lowest BCUT2D eigenvalue weighted by molar-refractivity contribution is 0.0732. The Hall–Kier alpha value is -2.17. The first kappa shape index (κ1) is 20.1. The molecule has 0 bridgehead atoms. The molecule has 2 heterocycles. The van der Waals surface area contributed by atoms with E-state index in [0.717, 1.165) is 51.8 Å². The molecule has 0 saturated carbocycles. The maximum atomic E-state index is 13.5. The smallest absolute Gasteiger partial charge is 0.274 e. The highest BCUT2D eigenvalue weighted by Gasteiger charge is 2.32. The lowest BCUT2D eigenvalue weighted by Gasteiger charge is -2.25. The molecular formula is C24H25ClN2OS. The molecule has 1 aliphatic heterocycles. The van der Waals surface area contributed by atoms with Gasteiger partial charge in [0, 0.05) is 17.6 Å². The van der Waals surface area contributed by atoms with Gasteiger partial charge in [0.05, 0.1) is 9.88 Å². The highest BCUT2D eigenvalue weighted by atomic mass is 35.5. The summed E-state index contributed by atoms with van der Waals surface area (Å²) in [5.74, 6) is 0.0477. The molecule has 0 unspecified atom stereocenters. The SMILES string of the molecule is Cc1cccc(-c2sc(C)nc2C(=O)N2CCC[C@H]2Cc2ccc(C)c(Cl)c2)c1. The zero-order chi connectivity index (χ0) is 20.5. The van der Waals surface area contributed by atoms with Gasteiger partial charge in [0.15, 0.2) is 0 Å². The van der Waals surface area contributed by atoms with Gasteiger partial charge in [-0.25, -0.2) is 4.98 Å². The van der Waals surface area contributed by atoms with Gasteiger partial charge >= 0.3 is 0 Å². The van der Waals surface area contributed by atoms with Crippen LogP contribution in [0.1, 0.15) is 45.0 Å².